The molecule has 0 atom stereocenters. The van der Waals surface area contributed by atoms with Gasteiger partial charge in [0.25, 0.3) is 0 Å². The largest absolute Gasteiger partial charge is 0.388 e. The number of carbonyl (C=O) groups excluding carboxylic acids is 1. The van der Waals surface area contributed by atoms with Gasteiger partial charge in [0.15, 0.2) is 0 Å². The van der Waals surface area contributed by atoms with Gasteiger partial charge in [0, 0.05) is 55.4 Å². The van der Waals surface area contributed by atoms with Crippen molar-refractivity contribution in [3.05, 3.63) is 52.5 Å². The fraction of sp³-hybridized carbons (Fsp3) is 0.481. The molecule has 1 saturated carbocycles. The predicted molar refractivity (Wildman–Crippen MR) is 150 cm³/mol. The van der Waals surface area contributed by atoms with Crippen LogP contribution in [-0.4, -0.2) is 64.2 Å². The average molecular weight is 533 g/mol. The highest BCUT2D eigenvalue weighted by atomic mass is 35.5. The molecular formula is C27H37ClN4O3S. The number of anilines is 1. The maximum absolute atomic E-state index is 12.2. The molecule has 4 rings (SSSR count). The molecule has 36 heavy (non-hydrogen) atoms. The average Bonchev–Trinajstić information content (AvgIpc) is 2.86. The van der Waals surface area contributed by atoms with Crippen LogP contribution in [0.25, 0.3) is 0 Å². The molecule has 1 amide bonds. The molecule has 0 aromatic heterocycles. The lowest BCUT2D eigenvalue weighted by atomic mass is 9.83. The van der Waals surface area contributed by atoms with Crippen LogP contribution in [-0.2, 0) is 20.7 Å². The van der Waals surface area contributed by atoms with Crippen molar-refractivity contribution in [2.45, 2.75) is 37.5 Å². The van der Waals surface area contributed by atoms with Gasteiger partial charge < -0.3 is 19.3 Å². The summed E-state index contributed by atoms with van der Waals surface area (Å²) >= 11 is 7.61. The Labute approximate surface area is 224 Å². The van der Waals surface area contributed by atoms with E-state index < -0.39 is 0 Å². The Balaban J connectivity index is 0.00000115. The summed E-state index contributed by atoms with van der Waals surface area (Å²) < 4.78 is 9.74. The molecule has 1 heterocycles. The van der Waals surface area contributed by atoms with Crippen LogP contribution in [0.3, 0.4) is 0 Å². The van der Waals surface area contributed by atoms with Gasteiger partial charge in [-0.25, -0.2) is 4.99 Å². The number of morpholine rings is 1. The summed E-state index contributed by atoms with van der Waals surface area (Å²) in [6.07, 6.45) is 4.87. The smallest absolute Gasteiger partial charge is 0.215 e. The summed E-state index contributed by atoms with van der Waals surface area (Å²) in [4.78, 5) is 22.2. The third kappa shape index (κ3) is 7.70. The van der Waals surface area contributed by atoms with Gasteiger partial charge in [0.1, 0.15) is 5.84 Å². The van der Waals surface area contributed by atoms with Crippen molar-refractivity contribution >= 4 is 47.2 Å². The molecule has 0 bridgehead atoms. The van der Waals surface area contributed by atoms with E-state index in [9.17, 15) is 4.79 Å². The number of amidine groups is 1. The van der Waals surface area contributed by atoms with Gasteiger partial charge in [-0.15, -0.1) is 0 Å². The number of methoxy groups -OCH3 is 1. The first kappa shape index (κ1) is 28.5. The number of rotatable bonds is 8. The number of hydrogen-bond acceptors (Lipinski definition) is 7. The number of aliphatic imine (C=N–C) groups is 1. The number of carbonyl (C=O) groups is 1. The van der Waals surface area contributed by atoms with Crippen molar-refractivity contribution in [2.75, 3.05) is 52.0 Å². The minimum Gasteiger partial charge on any atom is -0.388 e. The molecular weight excluding hydrogens is 496 g/mol. The van der Waals surface area contributed by atoms with Gasteiger partial charge >= 0.3 is 0 Å². The van der Waals surface area contributed by atoms with Gasteiger partial charge in [-0.05, 0) is 73.5 Å². The SMILES string of the molecule is COC.Cc1ccc(N2CCOCC2)cc1N=C(C1CCC1)N(C=O)CCc1ccc(SN)cc1Cl. The van der Waals surface area contributed by atoms with E-state index >= 15 is 0 Å². The zero-order chi connectivity index (χ0) is 25.9. The zero-order valence-corrected chi connectivity index (χ0v) is 23.0. The first-order chi connectivity index (χ1) is 17.5. The maximum atomic E-state index is 12.2. The lowest BCUT2D eigenvalue weighted by Gasteiger charge is -2.33. The van der Waals surface area contributed by atoms with Crippen LogP contribution in [0.1, 0.15) is 30.4 Å². The molecule has 9 heteroatoms. The quantitative estimate of drug-likeness (QED) is 0.216. The molecule has 7 nitrogen and oxygen atoms in total. The van der Waals surface area contributed by atoms with Crippen LogP contribution < -0.4 is 10.0 Å². The molecule has 196 valence electrons. The second-order valence-corrected chi connectivity index (χ2v) is 10.1. The highest BCUT2D eigenvalue weighted by Gasteiger charge is 2.28. The van der Waals surface area contributed by atoms with Crippen molar-refractivity contribution in [1.82, 2.24) is 4.90 Å². The van der Waals surface area contributed by atoms with Crippen LogP contribution >= 0.6 is 23.5 Å². The minimum atomic E-state index is 0.313. The summed E-state index contributed by atoms with van der Waals surface area (Å²) in [5, 5.41) is 6.30. The number of aryl methyl sites for hydroxylation is 1. The van der Waals surface area contributed by atoms with Crippen LogP contribution in [0, 0.1) is 12.8 Å². The van der Waals surface area contributed by atoms with Crippen molar-refractivity contribution in [3.63, 3.8) is 0 Å². The molecule has 0 spiro atoms. The number of hydrogen-bond donors (Lipinski definition) is 1. The summed E-state index contributed by atoms with van der Waals surface area (Å²) in [6, 6.07) is 12.2. The van der Waals surface area contributed by atoms with Crippen molar-refractivity contribution in [2.24, 2.45) is 16.0 Å². The topological polar surface area (TPSA) is 80.4 Å². The van der Waals surface area contributed by atoms with Crippen LogP contribution in [0.4, 0.5) is 11.4 Å². The summed E-state index contributed by atoms with van der Waals surface area (Å²) in [7, 11) is 3.25. The van der Waals surface area contributed by atoms with E-state index in [1.54, 1.807) is 19.1 Å². The van der Waals surface area contributed by atoms with Crippen molar-refractivity contribution < 1.29 is 14.3 Å². The number of nitrogens with zero attached hydrogens (tertiary/aromatic N) is 3. The number of halogens is 1. The fourth-order valence-electron chi connectivity index (χ4n) is 4.18. The van der Waals surface area contributed by atoms with E-state index in [0.29, 0.717) is 23.9 Å². The third-order valence-electron chi connectivity index (χ3n) is 6.48. The van der Waals surface area contributed by atoms with Crippen LogP contribution in [0.15, 0.2) is 46.3 Å². The maximum Gasteiger partial charge on any atom is 0.215 e. The van der Waals surface area contributed by atoms with Crippen LogP contribution in [0.2, 0.25) is 5.02 Å². The molecule has 2 fully saturated rings. The normalized spacial score (nSPS) is 16.1. The molecule has 2 aromatic carbocycles. The van der Waals surface area contributed by atoms with E-state index in [1.807, 2.05) is 18.2 Å². The second-order valence-electron chi connectivity index (χ2n) is 9.00. The van der Waals surface area contributed by atoms with E-state index in [0.717, 1.165) is 78.8 Å². The van der Waals surface area contributed by atoms with Gasteiger partial charge in [-0.3, -0.25) is 9.93 Å². The predicted octanol–water partition coefficient (Wildman–Crippen LogP) is 5.24. The number of ether oxygens (including phenoxy) is 2. The Morgan fingerprint density at radius 2 is 1.97 bits per heavy atom. The van der Waals surface area contributed by atoms with Gasteiger partial charge in [0.2, 0.25) is 6.41 Å². The Hall–Kier alpha value is -2.10. The standard InChI is InChI=1S/C25H31ClN4O2S.C2H6O/c1-18-5-7-21(29-11-13-32-14-12-29)15-24(18)28-25(20-3-2-4-20)30(17-31)10-9-19-6-8-22(33-27)16-23(19)26;1-3-2/h5-8,15-17,20H,2-4,9-14,27H2,1H3;1-2H3. The Kier molecular flexibility index (Phi) is 11.5. The summed E-state index contributed by atoms with van der Waals surface area (Å²) in [5.74, 6) is 1.18. The van der Waals surface area contributed by atoms with Crippen molar-refractivity contribution in [3.8, 4) is 0 Å². The molecule has 1 aliphatic carbocycles. The highest BCUT2D eigenvalue weighted by molar-refractivity contribution is 7.97. The lowest BCUT2D eigenvalue weighted by Crippen LogP contribution is -2.39. The molecule has 2 N–H and O–H groups in total. The van der Waals surface area contributed by atoms with Gasteiger partial charge in [-0.1, -0.05) is 30.2 Å². The fourth-order valence-corrected chi connectivity index (χ4v) is 4.85. The summed E-state index contributed by atoms with van der Waals surface area (Å²) in [5.41, 5.74) is 4.18. The monoisotopic (exact) mass is 532 g/mol. The third-order valence-corrected chi connectivity index (χ3v) is 7.36. The minimum absolute atomic E-state index is 0.313. The Bertz CT molecular complexity index is 1030. The molecule has 2 aliphatic rings. The summed E-state index contributed by atoms with van der Waals surface area (Å²) in [6.45, 7) is 5.85. The molecule has 0 radical (unpaired) electrons. The number of amides is 1. The Morgan fingerprint density at radius 3 is 2.56 bits per heavy atom. The number of benzene rings is 2. The van der Waals surface area contributed by atoms with Gasteiger partial charge in [0.05, 0.1) is 18.9 Å². The molecule has 1 aliphatic heterocycles. The molecule has 0 unspecified atom stereocenters. The first-order valence-electron chi connectivity index (χ1n) is 12.3. The van der Waals surface area contributed by atoms with Crippen molar-refractivity contribution in [1.29, 1.82) is 0 Å². The number of nitrogens with two attached hydrogens (primary N) is 1. The zero-order valence-electron chi connectivity index (χ0n) is 21.4. The second kappa shape index (κ2) is 14.6. The lowest BCUT2D eigenvalue weighted by molar-refractivity contribution is -0.115. The first-order valence-corrected chi connectivity index (χ1v) is 13.6. The van der Waals surface area contributed by atoms with Crippen LogP contribution in [0.5, 0.6) is 0 Å². The van der Waals surface area contributed by atoms with E-state index in [1.165, 1.54) is 18.4 Å². The van der Waals surface area contributed by atoms with E-state index in [4.69, 9.17) is 26.5 Å². The van der Waals surface area contributed by atoms with Gasteiger partial charge in [-0.2, -0.15) is 0 Å². The van der Waals surface area contributed by atoms with E-state index in [2.05, 4.69) is 34.8 Å². The van der Waals surface area contributed by atoms with E-state index in [-0.39, 0.29) is 0 Å². The highest BCUT2D eigenvalue weighted by Crippen LogP contribution is 2.33. The molecule has 2 aromatic rings. The molecule has 1 saturated heterocycles. The Morgan fingerprint density at radius 1 is 1.25 bits per heavy atom.